The Morgan fingerprint density at radius 1 is 1.38 bits per heavy atom. The summed E-state index contributed by atoms with van der Waals surface area (Å²) < 4.78 is 29.7. The van der Waals surface area contributed by atoms with E-state index in [9.17, 15) is 8.42 Å². The topological polar surface area (TPSA) is 83.9 Å². The summed E-state index contributed by atoms with van der Waals surface area (Å²) in [5.41, 5.74) is 1.01. The number of guanidine groups is 1. The highest BCUT2D eigenvalue weighted by atomic mass is 32.2. The third kappa shape index (κ3) is 6.59. The summed E-state index contributed by atoms with van der Waals surface area (Å²) in [5.74, 6) is 2.06. The van der Waals surface area contributed by atoms with Crippen molar-refractivity contribution in [2.75, 3.05) is 25.4 Å². The van der Waals surface area contributed by atoms with E-state index in [0.717, 1.165) is 24.5 Å². The molecule has 1 atom stereocenters. The van der Waals surface area contributed by atoms with Gasteiger partial charge in [0, 0.05) is 31.9 Å². The zero-order valence-electron chi connectivity index (χ0n) is 18.6. The van der Waals surface area contributed by atoms with Crippen molar-refractivity contribution in [3.63, 3.8) is 0 Å². The minimum Gasteiger partial charge on any atom is -0.475 e. The molecule has 1 unspecified atom stereocenters. The second kappa shape index (κ2) is 9.78. The zero-order chi connectivity index (χ0) is 21.7. The van der Waals surface area contributed by atoms with Crippen LogP contribution < -0.4 is 10.1 Å². The van der Waals surface area contributed by atoms with Gasteiger partial charge in [-0.05, 0) is 51.7 Å². The molecule has 29 heavy (non-hydrogen) atoms. The first-order valence-corrected chi connectivity index (χ1v) is 12.1. The lowest BCUT2D eigenvalue weighted by atomic mass is 10.1. The van der Waals surface area contributed by atoms with Gasteiger partial charge in [-0.25, -0.2) is 18.4 Å². The Morgan fingerprint density at radius 2 is 2.10 bits per heavy atom. The standard InChI is InChI=1S/C21H36N4O3S/c1-7-22-20(25-10-11-29(26,27)21(5,6)15-25)24-14-18-8-9-23-19(13-18)28-17(4)12-16(2)3/h8-9,13,16-17H,7,10-12,14-15H2,1-6H3,(H,22,24). The quantitative estimate of drug-likeness (QED) is 0.535. The van der Waals surface area contributed by atoms with E-state index in [2.05, 4.69) is 31.1 Å². The van der Waals surface area contributed by atoms with Crippen molar-refractivity contribution in [3.8, 4) is 5.88 Å². The number of pyridine rings is 1. The highest BCUT2D eigenvalue weighted by Gasteiger charge is 2.40. The van der Waals surface area contributed by atoms with Gasteiger partial charge in [-0.15, -0.1) is 0 Å². The van der Waals surface area contributed by atoms with Crippen molar-refractivity contribution in [1.29, 1.82) is 0 Å². The van der Waals surface area contributed by atoms with Crippen LogP contribution in [-0.4, -0.2) is 60.5 Å². The van der Waals surface area contributed by atoms with Crippen molar-refractivity contribution < 1.29 is 13.2 Å². The molecule has 2 heterocycles. The fourth-order valence-electron chi connectivity index (χ4n) is 3.45. The number of aliphatic imine (C=N–C) groups is 1. The van der Waals surface area contributed by atoms with Gasteiger partial charge in [0.25, 0.3) is 0 Å². The maximum atomic E-state index is 12.3. The molecule has 1 fully saturated rings. The van der Waals surface area contributed by atoms with Crippen LogP contribution in [0.4, 0.5) is 0 Å². The second-order valence-corrected chi connectivity index (χ2v) is 11.5. The first kappa shape index (κ1) is 23.4. The van der Waals surface area contributed by atoms with Crippen molar-refractivity contribution in [2.45, 2.75) is 65.4 Å². The van der Waals surface area contributed by atoms with E-state index >= 15 is 0 Å². The molecule has 7 nitrogen and oxygen atoms in total. The first-order chi connectivity index (χ1) is 13.5. The molecule has 0 bridgehead atoms. The largest absolute Gasteiger partial charge is 0.475 e. The summed E-state index contributed by atoms with van der Waals surface area (Å²) in [7, 11) is -3.08. The van der Waals surface area contributed by atoms with Crippen molar-refractivity contribution in [2.24, 2.45) is 10.9 Å². The van der Waals surface area contributed by atoms with E-state index in [1.54, 1.807) is 20.0 Å². The molecule has 0 saturated carbocycles. The Hall–Kier alpha value is -1.83. The minimum absolute atomic E-state index is 0.108. The SMILES string of the molecule is CCNC(=NCc1ccnc(OC(C)CC(C)C)c1)N1CCS(=O)(=O)C(C)(C)C1. The molecule has 8 heteroatoms. The Labute approximate surface area is 175 Å². The lowest BCUT2D eigenvalue weighted by Gasteiger charge is -2.39. The van der Waals surface area contributed by atoms with Crippen LogP contribution in [0.5, 0.6) is 5.88 Å². The number of hydrogen-bond donors (Lipinski definition) is 1. The summed E-state index contributed by atoms with van der Waals surface area (Å²) >= 11 is 0. The van der Waals surface area contributed by atoms with E-state index < -0.39 is 14.6 Å². The second-order valence-electron chi connectivity index (χ2n) is 8.73. The van der Waals surface area contributed by atoms with Crippen LogP contribution in [0.3, 0.4) is 0 Å². The van der Waals surface area contributed by atoms with E-state index in [-0.39, 0.29) is 11.9 Å². The monoisotopic (exact) mass is 424 g/mol. The molecule has 164 valence electrons. The molecule has 1 N–H and O–H groups in total. The van der Waals surface area contributed by atoms with Crippen LogP contribution >= 0.6 is 0 Å². The molecule has 2 rings (SSSR count). The average molecular weight is 425 g/mol. The van der Waals surface area contributed by atoms with Crippen LogP contribution in [0.1, 0.15) is 53.5 Å². The fraction of sp³-hybridized carbons (Fsp3) is 0.714. The van der Waals surface area contributed by atoms with Gasteiger partial charge in [0.1, 0.15) is 0 Å². The number of aromatic nitrogens is 1. The van der Waals surface area contributed by atoms with Gasteiger partial charge in [0.2, 0.25) is 5.88 Å². The number of nitrogens with one attached hydrogen (secondary N) is 1. The van der Waals surface area contributed by atoms with Crippen LogP contribution in [0.2, 0.25) is 0 Å². The predicted octanol–water partition coefficient (Wildman–Crippen LogP) is 2.87. The molecule has 0 amide bonds. The summed E-state index contributed by atoms with van der Waals surface area (Å²) in [4.78, 5) is 11.1. The zero-order valence-corrected chi connectivity index (χ0v) is 19.4. The summed E-state index contributed by atoms with van der Waals surface area (Å²) in [6, 6.07) is 3.85. The third-order valence-corrected chi connectivity index (χ3v) is 7.55. The van der Waals surface area contributed by atoms with Gasteiger partial charge in [-0.3, -0.25) is 0 Å². The lowest BCUT2D eigenvalue weighted by Crippen LogP contribution is -2.57. The fourth-order valence-corrected chi connectivity index (χ4v) is 4.81. The number of sulfone groups is 1. The molecule has 0 aliphatic carbocycles. The number of nitrogens with zero attached hydrogens (tertiary/aromatic N) is 3. The molecular formula is C21H36N4O3S. The Balaban J connectivity index is 2.10. The molecule has 1 aliphatic rings. The van der Waals surface area contributed by atoms with Gasteiger partial charge in [0.15, 0.2) is 15.8 Å². The summed E-state index contributed by atoms with van der Waals surface area (Å²) in [6.07, 6.45) is 2.82. The van der Waals surface area contributed by atoms with Gasteiger partial charge in [-0.2, -0.15) is 0 Å². The Morgan fingerprint density at radius 3 is 2.72 bits per heavy atom. The highest BCUT2D eigenvalue weighted by molar-refractivity contribution is 7.92. The molecule has 1 aromatic rings. The molecular weight excluding hydrogens is 388 g/mol. The van der Waals surface area contributed by atoms with Crippen molar-refractivity contribution in [3.05, 3.63) is 23.9 Å². The molecule has 1 saturated heterocycles. The summed E-state index contributed by atoms with van der Waals surface area (Å²) in [6.45, 7) is 14.1. The van der Waals surface area contributed by atoms with Crippen LogP contribution in [0, 0.1) is 5.92 Å². The molecule has 1 aliphatic heterocycles. The maximum Gasteiger partial charge on any atom is 0.213 e. The van der Waals surface area contributed by atoms with E-state index in [1.807, 2.05) is 24.0 Å². The number of rotatable bonds is 7. The lowest BCUT2D eigenvalue weighted by molar-refractivity contribution is 0.185. The molecule has 0 radical (unpaired) electrons. The van der Waals surface area contributed by atoms with Crippen molar-refractivity contribution >= 4 is 15.8 Å². The van der Waals surface area contributed by atoms with Crippen LogP contribution in [0.25, 0.3) is 0 Å². The number of hydrogen-bond acceptors (Lipinski definition) is 5. The smallest absolute Gasteiger partial charge is 0.213 e. The average Bonchev–Trinajstić information content (AvgIpc) is 2.60. The van der Waals surface area contributed by atoms with Gasteiger partial charge in [-0.1, -0.05) is 13.8 Å². The van der Waals surface area contributed by atoms with Crippen LogP contribution in [-0.2, 0) is 16.4 Å². The van der Waals surface area contributed by atoms with E-state index in [4.69, 9.17) is 9.73 Å². The van der Waals surface area contributed by atoms with E-state index in [1.165, 1.54) is 0 Å². The predicted molar refractivity (Wildman–Crippen MR) is 118 cm³/mol. The van der Waals surface area contributed by atoms with Crippen molar-refractivity contribution in [1.82, 2.24) is 15.2 Å². The molecule has 0 spiro atoms. The summed E-state index contributed by atoms with van der Waals surface area (Å²) in [5, 5.41) is 3.29. The normalized spacial score (nSPS) is 19.8. The van der Waals surface area contributed by atoms with Crippen LogP contribution in [0.15, 0.2) is 23.3 Å². The van der Waals surface area contributed by atoms with E-state index in [0.29, 0.717) is 31.4 Å². The maximum absolute atomic E-state index is 12.3. The van der Waals surface area contributed by atoms with Gasteiger partial charge >= 0.3 is 0 Å². The Kier molecular flexibility index (Phi) is 7.91. The first-order valence-electron chi connectivity index (χ1n) is 10.4. The molecule has 0 aromatic carbocycles. The number of ether oxygens (including phenoxy) is 1. The minimum atomic E-state index is -3.08. The van der Waals surface area contributed by atoms with Gasteiger partial charge < -0.3 is 15.0 Å². The third-order valence-electron chi connectivity index (χ3n) is 5.01. The highest BCUT2D eigenvalue weighted by Crippen LogP contribution is 2.24. The molecule has 1 aromatic heterocycles. The van der Waals surface area contributed by atoms with Gasteiger partial charge in [0.05, 0.1) is 23.1 Å². The Bertz CT molecular complexity index is 806.